The number of nitrogens with one attached hydrogen (secondary N) is 1. The van der Waals surface area contributed by atoms with E-state index in [4.69, 9.17) is 5.73 Å². The van der Waals surface area contributed by atoms with Crippen molar-refractivity contribution in [1.82, 2.24) is 20.3 Å². The second kappa shape index (κ2) is 8.35. The van der Waals surface area contributed by atoms with E-state index in [2.05, 4.69) is 25.4 Å². The molecular weight excluding hydrogens is 284 g/mol. The molecule has 8 heteroatoms. The van der Waals surface area contributed by atoms with Gasteiger partial charge >= 0.3 is 5.97 Å². The van der Waals surface area contributed by atoms with Gasteiger partial charge in [-0.25, -0.2) is 9.67 Å². The number of aliphatic imine (C=N–C) groups is 1. The third kappa shape index (κ3) is 5.34. The van der Waals surface area contributed by atoms with Gasteiger partial charge in [-0.2, -0.15) is 0 Å². The number of hydrogen-bond acceptors (Lipinski definition) is 5. The molecule has 1 aromatic rings. The number of aromatic nitrogens is 3. The Kier molecular flexibility index (Phi) is 6.17. The maximum Gasteiger partial charge on any atom is 0.327 e. The zero-order valence-electron chi connectivity index (χ0n) is 13.0. The van der Waals surface area contributed by atoms with E-state index in [9.17, 15) is 4.79 Å². The van der Waals surface area contributed by atoms with Crippen LogP contribution in [0.3, 0.4) is 0 Å². The molecule has 2 rings (SSSR count). The molecule has 3 N–H and O–H groups in total. The van der Waals surface area contributed by atoms with E-state index >= 15 is 0 Å². The van der Waals surface area contributed by atoms with Gasteiger partial charge in [-0.1, -0.05) is 30.9 Å². The Morgan fingerprint density at radius 1 is 1.45 bits per heavy atom. The highest BCUT2D eigenvalue weighted by atomic mass is 16.5. The third-order valence-corrected chi connectivity index (χ3v) is 3.72. The quantitative estimate of drug-likeness (QED) is 0.356. The molecule has 0 unspecified atom stereocenters. The van der Waals surface area contributed by atoms with Crippen molar-refractivity contribution in [3.8, 4) is 0 Å². The molecule has 0 saturated heterocycles. The highest BCUT2D eigenvalue weighted by Crippen LogP contribution is 2.16. The van der Waals surface area contributed by atoms with Gasteiger partial charge < -0.3 is 15.8 Å². The van der Waals surface area contributed by atoms with Crippen LogP contribution in [0.25, 0.3) is 0 Å². The van der Waals surface area contributed by atoms with Crippen molar-refractivity contribution in [3.63, 3.8) is 0 Å². The van der Waals surface area contributed by atoms with Crippen molar-refractivity contribution >= 4 is 11.9 Å². The lowest BCUT2D eigenvalue weighted by molar-refractivity contribution is -0.141. The highest BCUT2D eigenvalue weighted by molar-refractivity contribution is 5.78. The number of carbonyl (C=O) groups excluding carboxylic acids is 1. The summed E-state index contributed by atoms with van der Waals surface area (Å²) in [5.74, 6) is 0.0731. The maximum atomic E-state index is 11.1. The molecule has 0 spiro atoms. The molecule has 1 saturated carbocycles. The molecule has 1 aromatic heterocycles. The smallest absolute Gasteiger partial charge is 0.327 e. The third-order valence-electron chi connectivity index (χ3n) is 3.72. The van der Waals surface area contributed by atoms with Crippen LogP contribution in [0.4, 0.5) is 0 Å². The molecule has 1 fully saturated rings. The van der Waals surface area contributed by atoms with Gasteiger partial charge in [-0.15, -0.1) is 5.10 Å². The number of esters is 1. The fraction of sp³-hybridized carbons (Fsp3) is 0.714. The van der Waals surface area contributed by atoms with Gasteiger partial charge in [-0.05, 0) is 12.8 Å². The summed E-state index contributed by atoms with van der Waals surface area (Å²) in [6.45, 7) is 0.385. The number of nitrogens with two attached hydrogens (primary N) is 1. The number of ether oxygens (including phenoxy) is 1. The largest absolute Gasteiger partial charge is 0.468 e. The van der Waals surface area contributed by atoms with Gasteiger partial charge in [0.2, 0.25) is 0 Å². The highest BCUT2D eigenvalue weighted by Gasteiger charge is 2.12. The SMILES string of the molecule is COC(=O)Cn1cc(CN=C(N)NC2CCCCCC2)nn1. The van der Waals surface area contributed by atoms with E-state index in [1.54, 1.807) is 6.20 Å². The lowest BCUT2D eigenvalue weighted by Crippen LogP contribution is -2.39. The van der Waals surface area contributed by atoms with Gasteiger partial charge in [-0.3, -0.25) is 4.79 Å². The summed E-state index contributed by atoms with van der Waals surface area (Å²) in [4.78, 5) is 15.4. The standard InChI is InChI=1S/C14H24N6O2/c1-22-13(21)10-20-9-12(18-19-20)8-16-14(15)17-11-6-4-2-3-5-7-11/h9,11H,2-8,10H2,1H3,(H3,15,16,17). The number of hydrogen-bond donors (Lipinski definition) is 2. The van der Waals surface area contributed by atoms with E-state index in [1.807, 2.05) is 0 Å². The second-order valence-corrected chi connectivity index (χ2v) is 5.52. The Balaban J connectivity index is 1.81. The first kappa shape index (κ1) is 16.3. The average molecular weight is 308 g/mol. The topological polar surface area (TPSA) is 107 Å². The predicted molar refractivity (Wildman–Crippen MR) is 82.0 cm³/mol. The summed E-state index contributed by atoms with van der Waals surface area (Å²) in [6.07, 6.45) is 9.05. The molecule has 0 radical (unpaired) electrons. The lowest BCUT2D eigenvalue weighted by atomic mass is 10.1. The van der Waals surface area contributed by atoms with Crippen LogP contribution < -0.4 is 11.1 Å². The van der Waals surface area contributed by atoms with Crippen LogP contribution in [-0.4, -0.2) is 40.1 Å². The van der Waals surface area contributed by atoms with Crippen LogP contribution in [-0.2, 0) is 22.6 Å². The van der Waals surface area contributed by atoms with Crippen LogP contribution in [0, 0.1) is 0 Å². The van der Waals surface area contributed by atoms with E-state index < -0.39 is 0 Å². The fourth-order valence-electron chi connectivity index (χ4n) is 2.53. The second-order valence-electron chi connectivity index (χ2n) is 5.52. The van der Waals surface area contributed by atoms with Crippen molar-refractivity contribution in [1.29, 1.82) is 0 Å². The molecular formula is C14H24N6O2. The molecule has 1 heterocycles. The molecule has 122 valence electrons. The first-order valence-corrected chi connectivity index (χ1v) is 7.69. The summed E-state index contributed by atoms with van der Waals surface area (Å²) in [6, 6.07) is 0.418. The molecule has 0 bridgehead atoms. The number of methoxy groups -OCH3 is 1. The van der Waals surface area contributed by atoms with Crippen LogP contribution in [0.2, 0.25) is 0 Å². The van der Waals surface area contributed by atoms with Gasteiger partial charge in [0, 0.05) is 6.04 Å². The van der Waals surface area contributed by atoms with Gasteiger partial charge in [0.05, 0.1) is 19.9 Å². The summed E-state index contributed by atoms with van der Waals surface area (Å²) in [5.41, 5.74) is 6.58. The molecule has 1 aliphatic rings. The van der Waals surface area contributed by atoms with Gasteiger partial charge in [0.15, 0.2) is 5.96 Å². The number of guanidine groups is 1. The minimum atomic E-state index is -0.366. The van der Waals surface area contributed by atoms with Crippen molar-refractivity contribution in [2.24, 2.45) is 10.7 Å². The van der Waals surface area contributed by atoms with Crippen LogP contribution in [0.5, 0.6) is 0 Å². The van der Waals surface area contributed by atoms with E-state index in [0.29, 0.717) is 24.2 Å². The zero-order valence-corrected chi connectivity index (χ0v) is 13.0. The Labute approximate surface area is 130 Å². The van der Waals surface area contributed by atoms with Gasteiger partial charge in [0.1, 0.15) is 12.2 Å². The van der Waals surface area contributed by atoms with E-state index in [0.717, 1.165) is 12.8 Å². The Morgan fingerprint density at radius 3 is 2.86 bits per heavy atom. The normalized spacial score (nSPS) is 17.0. The maximum absolute atomic E-state index is 11.1. The number of nitrogens with zero attached hydrogens (tertiary/aromatic N) is 4. The summed E-state index contributed by atoms with van der Waals surface area (Å²) >= 11 is 0. The van der Waals surface area contributed by atoms with Crippen LogP contribution >= 0.6 is 0 Å². The molecule has 0 aliphatic heterocycles. The van der Waals surface area contributed by atoms with Crippen molar-refractivity contribution < 1.29 is 9.53 Å². The zero-order chi connectivity index (χ0) is 15.8. The first-order chi connectivity index (χ1) is 10.7. The monoisotopic (exact) mass is 308 g/mol. The molecule has 8 nitrogen and oxygen atoms in total. The van der Waals surface area contributed by atoms with Crippen molar-refractivity contribution in [3.05, 3.63) is 11.9 Å². The molecule has 1 aliphatic carbocycles. The first-order valence-electron chi connectivity index (χ1n) is 7.69. The predicted octanol–water partition coefficient (Wildman–Crippen LogP) is 0.578. The Hall–Kier alpha value is -2.12. The number of rotatable bonds is 5. The minimum Gasteiger partial charge on any atom is -0.468 e. The molecule has 22 heavy (non-hydrogen) atoms. The Bertz CT molecular complexity index is 505. The lowest BCUT2D eigenvalue weighted by Gasteiger charge is -2.16. The Morgan fingerprint density at radius 2 is 2.18 bits per heavy atom. The van der Waals surface area contributed by atoms with Crippen molar-refractivity contribution in [2.75, 3.05) is 7.11 Å². The number of carbonyl (C=O) groups is 1. The van der Waals surface area contributed by atoms with Crippen molar-refractivity contribution in [2.45, 2.75) is 57.7 Å². The molecule has 0 amide bonds. The molecule has 0 aromatic carbocycles. The minimum absolute atomic E-state index is 0.0447. The summed E-state index contributed by atoms with van der Waals surface area (Å²) < 4.78 is 5.99. The average Bonchev–Trinajstić information content (AvgIpc) is 2.79. The van der Waals surface area contributed by atoms with Crippen LogP contribution in [0.1, 0.15) is 44.2 Å². The van der Waals surface area contributed by atoms with E-state index in [-0.39, 0.29) is 12.5 Å². The summed E-state index contributed by atoms with van der Waals surface area (Å²) in [7, 11) is 1.34. The summed E-state index contributed by atoms with van der Waals surface area (Å²) in [5, 5.41) is 11.1. The van der Waals surface area contributed by atoms with Gasteiger partial charge in [0.25, 0.3) is 0 Å². The molecule has 0 atom stereocenters. The van der Waals surface area contributed by atoms with Crippen LogP contribution in [0.15, 0.2) is 11.2 Å². The van der Waals surface area contributed by atoms with E-state index in [1.165, 1.54) is 37.5 Å². The fourth-order valence-corrected chi connectivity index (χ4v) is 2.53.